The Labute approximate surface area is 205 Å². The van der Waals surface area contributed by atoms with Crippen molar-refractivity contribution in [2.24, 2.45) is 4.99 Å². The number of nitrogens with zero attached hydrogens (tertiary/aromatic N) is 3. The van der Waals surface area contributed by atoms with Crippen molar-refractivity contribution >= 4 is 29.9 Å². The molecule has 0 amide bonds. The van der Waals surface area contributed by atoms with Crippen LogP contribution in [0.1, 0.15) is 45.3 Å². The van der Waals surface area contributed by atoms with E-state index in [9.17, 15) is 5.11 Å². The van der Waals surface area contributed by atoms with E-state index >= 15 is 0 Å². The number of guanidine groups is 1. The third-order valence-corrected chi connectivity index (χ3v) is 5.19. The molecule has 7 nitrogen and oxygen atoms in total. The minimum absolute atomic E-state index is 0. The molecule has 0 bridgehead atoms. The minimum atomic E-state index is -0.634. The Morgan fingerprint density at radius 1 is 1.10 bits per heavy atom. The van der Waals surface area contributed by atoms with Crippen molar-refractivity contribution in [2.45, 2.75) is 45.8 Å². The summed E-state index contributed by atoms with van der Waals surface area (Å²) in [5.74, 6) is 1.58. The van der Waals surface area contributed by atoms with Crippen molar-refractivity contribution in [1.82, 2.24) is 20.4 Å². The van der Waals surface area contributed by atoms with Crippen molar-refractivity contribution < 1.29 is 9.84 Å². The molecule has 1 fully saturated rings. The molecule has 0 radical (unpaired) electrons. The van der Waals surface area contributed by atoms with E-state index in [1.54, 1.807) is 0 Å². The maximum absolute atomic E-state index is 10.5. The first-order valence-electron chi connectivity index (χ1n) is 11.4. The molecule has 8 heteroatoms. The van der Waals surface area contributed by atoms with Crippen LogP contribution < -0.4 is 15.4 Å². The van der Waals surface area contributed by atoms with Gasteiger partial charge in [-0.15, -0.1) is 24.0 Å². The number of aliphatic hydroxyl groups is 1. The summed E-state index contributed by atoms with van der Waals surface area (Å²) in [7, 11) is 2.19. The third kappa shape index (κ3) is 11.4. The van der Waals surface area contributed by atoms with Gasteiger partial charge < -0.3 is 30.3 Å². The molecular formula is C23H42IN5O2. The number of hydrogen-bond acceptors (Lipinski definition) is 5. The van der Waals surface area contributed by atoms with E-state index in [1.165, 1.54) is 39.1 Å². The number of likely N-dealkylation sites (N-methyl/N-ethyl adjacent to an activating group) is 1. The van der Waals surface area contributed by atoms with E-state index in [1.807, 2.05) is 38.1 Å². The largest absolute Gasteiger partial charge is 0.491 e. The molecule has 0 saturated carbocycles. The molecule has 0 spiro atoms. The van der Waals surface area contributed by atoms with E-state index in [2.05, 4.69) is 39.4 Å². The number of aliphatic hydroxyl groups excluding tert-OH is 1. The zero-order valence-corrected chi connectivity index (χ0v) is 22.0. The van der Waals surface area contributed by atoms with Gasteiger partial charge in [-0.25, -0.2) is 0 Å². The van der Waals surface area contributed by atoms with Crippen LogP contribution in [0.15, 0.2) is 29.3 Å². The van der Waals surface area contributed by atoms with Gasteiger partial charge in [0.05, 0.1) is 18.8 Å². The van der Waals surface area contributed by atoms with Crippen molar-refractivity contribution in [3.05, 3.63) is 29.8 Å². The van der Waals surface area contributed by atoms with Gasteiger partial charge in [-0.1, -0.05) is 12.1 Å². The molecule has 1 aliphatic rings. The molecule has 1 unspecified atom stereocenters. The summed E-state index contributed by atoms with van der Waals surface area (Å²) in [6.45, 7) is 13.9. The Bertz CT molecular complexity index is 619. The van der Waals surface area contributed by atoms with Gasteiger partial charge in [-0.3, -0.25) is 4.99 Å². The van der Waals surface area contributed by atoms with E-state index < -0.39 is 6.10 Å². The molecule has 1 heterocycles. The van der Waals surface area contributed by atoms with Gasteiger partial charge in [0.2, 0.25) is 0 Å². The highest BCUT2D eigenvalue weighted by Gasteiger charge is 2.13. The standard InChI is InChI=1S/C23H41N5O2.HI/c1-5-24-23(25-12-6-7-13-28-16-14-27(4)15-17-28)26-18-22(29)20-8-10-21(11-9-20)30-19(2)3;/h8-11,19,22,29H,5-7,12-18H2,1-4H3,(H2,24,25,26);1H. The Hall–Kier alpha value is -1.10. The van der Waals surface area contributed by atoms with Crippen LogP contribution in [-0.2, 0) is 0 Å². The van der Waals surface area contributed by atoms with Gasteiger partial charge >= 0.3 is 0 Å². The number of halogens is 1. The van der Waals surface area contributed by atoms with Gasteiger partial charge in [-0.05, 0) is 64.9 Å². The Morgan fingerprint density at radius 2 is 1.77 bits per heavy atom. The number of benzene rings is 1. The lowest BCUT2D eigenvalue weighted by Gasteiger charge is -2.32. The average Bonchev–Trinajstić information content (AvgIpc) is 2.73. The fourth-order valence-corrected chi connectivity index (χ4v) is 3.40. The molecule has 1 aliphatic heterocycles. The van der Waals surface area contributed by atoms with Crippen LogP contribution in [0.3, 0.4) is 0 Å². The quantitative estimate of drug-likeness (QED) is 0.171. The summed E-state index contributed by atoms with van der Waals surface area (Å²) in [6, 6.07) is 7.59. The Morgan fingerprint density at radius 3 is 2.39 bits per heavy atom. The van der Waals surface area contributed by atoms with Crippen LogP contribution in [0, 0.1) is 0 Å². The number of rotatable bonds is 11. The lowest BCUT2D eigenvalue weighted by Crippen LogP contribution is -2.44. The fourth-order valence-electron chi connectivity index (χ4n) is 3.40. The van der Waals surface area contributed by atoms with Gasteiger partial charge in [-0.2, -0.15) is 0 Å². The van der Waals surface area contributed by atoms with E-state index in [-0.39, 0.29) is 30.1 Å². The van der Waals surface area contributed by atoms with Gasteiger partial charge in [0, 0.05) is 39.3 Å². The molecule has 3 N–H and O–H groups in total. The SMILES string of the molecule is CCNC(=NCC(O)c1ccc(OC(C)C)cc1)NCCCCN1CCN(C)CC1.I. The zero-order valence-electron chi connectivity index (χ0n) is 19.6. The molecule has 0 aromatic heterocycles. The van der Waals surface area contributed by atoms with Crippen LogP contribution in [0.5, 0.6) is 5.75 Å². The molecule has 0 aliphatic carbocycles. The first-order valence-corrected chi connectivity index (χ1v) is 11.4. The van der Waals surface area contributed by atoms with Crippen LogP contribution >= 0.6 is 24.0 Å². The fraction of sp³-hybridized carbons (Fsp3) is 0.696. The molecule has 1 atom stereocenters. The van der Waals surface area contributed by atoms with Crippen molar-refractivity contribution in [3.63, 3.8) is 0 Å². The smallest absolute Gasteiger partial charge is 0.191 e. The molecule has 1 aromatic rings. The van der Waals surface area contributed by atoms with Crippen molar-refractivity contribution in [3.8, 4) is 5.75 Å². The van der Waals surface area contributed by atoms with Crippen molar-refractivity contribution in [1.29, 1.82) is 0 Å². The molecule has 2 rings (SSSR count). The van der Waals surface area contributed by atoms with Crippen LogP contribution in [0.4, 0.5) is 0 Å². The molecule has 178 valence electrons. The molecule has 31 heavy (non-hydrogen) atoms. The highest BCUT2D eigenvalue weighted by Crippen LogP contribution is 2.19. The lowest BCUT2D eigenvalue weighted by molar-refractivity contribution is 0.152. The molecular weight excluding hydrogens is 505 g/mol. The highest BCUT2D eigenvalue weighted by atomic mass is 127. The number of aliphatic imine (C=N–C) groups is 1. The summed E-state index contributed by atoms with van der Waals surface area (Å²) >= 11 is 0. The van der Waals surface area contributed by atoms with Crippen molar-refractivity contribution in [2.75, 3.05) is 59.4 Å². The number of unbranched alkanes of at least 4 members (excludes halogenated alkanes) is 1. The normalized spacial score (nSPS) is 16.6. The summed E-state index contributed by atoms with van der Waals surface area (Å²) in [4.78, 5) is 9.49. The van der Waals surface area contributed by atoms with Crippen LogP contribution in [0.25, 0.3) is 0 Å². The summed E-state index contributed by atoms with van der Waals surface area (Å²) in [5, 5.41) is 17.1. The second-order valence-electron chi connectivity index (χ2n) is 8.25. The van der Waals surface area contributed by atoms with Gasteiger partial charge in [0.15, 0.2) is 5.96 Å². The maximum atomic E-state index is 10.5. The maximum Gasteiger partial charge on any atom is 0.191 e. The minimum Gasteiger partial charge on any atom is -0.491 e. The second kappa shape index (κ2) is 15.7. The second-order valence-corrected chi connectivity index (χ2v) is 8.25. The predicted octanol–water partition coefficient (Wildman–Crippen LogP) is 2.71. The first kappa shape index (κ1) is 27.9. The van der Waals surface area contributed by atoms with E-state index in [0.717, 1.165) is 36.8 Å². The first-order chi connectivity index (χ1) is 14.5. The average molecular weight is 548 g/mol. The Kier molecular flexibility index (Phi) is 14.1. The summed E-state index contributed by atoms with van der Waals surface area (Å²) < 4.78 is 5.65. The lowest BCUT2D eigenvalue weighted by atomic mass is 10.1. The Balaban J connectivity index is 0.00000480. The van der Waals surface area contributed by atoms with Crippen LogP contribution in [0.2, 0.25) is 0 Å². The summed E-state index contributed by atoms with van der Waals surface area (Å²) in [6.07, 6.45) is 1.80. The highest BCUT2D eigenvalue weighted by molar-refractivity contribution is 14.0. The van der Waals surface area contributed by atoms with Crippen LogP contribution in [-0.4, -0.2) is 86.4 Å². The monoisotopic (exact) mass is 547 g/mol. The number of piperazine rings is 1. The third-order valence-electron chi connectivity index (χ3n) is 5.19. The number of ether oxygens (including phenoxy) is 1. The topological polar surface area (TPSA) is 72.4 Å². The molecule has 1 aromatic carbocycles. The number of nitrogens with one attached hydrogen (secondary N) is 2. The van der Waals surface area contributed by atoms with E-state index in [4.69, 9.17) is 4.74 Å². The molecule has 1 saturated heterocycles. The number of hydrogen-bond donors (Lipinski definition) is 3. The zero-order chi connectivity index (χ0) is 21.8. The van der Waals surface area contributed by atoms with E-state index in [0.29, 0.717) is 6.54 Å². The summed E-state index contributed by atoms with van der Waals surface area (Å²) in [5.41, 5.74) is 0.845. The van der Waals surface area contributed by atoms with Gasteiger partial charge in [0.1, 0.15) is 5.75 Å². The predicted molar refractivity (Wildman–Crippen MR) is 140 cm³/mol. The van der Waals surface area contributed by atoms with Gasteiger partial charge in [0.25, 0.3) is 0 Å².